The topological polar surface area (TPSA) is 76.6 Å². The Kier molecular flexibility index (Phi) is 3.93. The molecule has 1 unspecified atom stereocenters. The van der Waals surface area contributed by atoms with Crippen molar-refractivity contribution in [3.8, 4) is 0 Å². The van der Waals surface area contributed by atoms with E-state index < -0.39 is 5.72 Å². The number of piperidine rings is 1. The lowest BCUT2D eigenvalue weighted by molar-refractivity contribution is -0.167. The fourth-order valence-corrected chi connectivity index (χ4v) is 4.48. The van der Waals surface area contributed by atoms with Crippen molar-refractivity contribution < 1.29 is 9.90 Å². The number of nitrogens with one attached hydrogen (secondary N) is 1. The van der Waals surface area contributed by atoms with Gasteiger partial charge in [0.2, 0.25) is 5.91 Å². The number of amides is 1. The second-order valence-electron chi connectivity index (χ2n) is 7.95. The zero-order valence-corrected chi connectivity index (χ0v) is 15.5. The number of aryl methyl sites for hydroxylation is 2. The molecule has 4 heterocycles. The largest absolute Gasteiger partial charge is 0.369 e. The highest BCUT2D eigenvalue weighted by atomic mass is 16.3. The molecule has 5 rings (SSSR count). The van der Waals surface area contributed by atoms with Gasteiger partial charge in [0.05, 0.1) is 11.4 Å². The van der Waals surface area contributed by atoms with Crippen molar-refractivity contribution in [2.45, 2.75) is 39.0 Å². The number of hydrogen-bond acceptors (Lipinski definition) is 4. The van der Waals surface area contributed by atoms with Gasteiger partial charge in [0.1, 0.15) is 0 Å². The minimum absolute atomic E-state index is 0.0000736. The Morgan fingerprint density at radius 3 is 2.81 bits per heavy atom. The highest BCUT2D eigenvalue weighted by Gasteiger charge is 2.47. The maximum Gasteiger partial charge on any atom is 0.252 e. The number of carbonyl (C=O) groups is 1. The van der Waals surface area contributed by atoms with E-state index in [1.165, 1.54) is 4.90 Å². The van der Waals surface area contributed by atoms with Crippen LogP contribution in [0.4, 0.5) is 0 Å². The number of aromatic nitrogens is 1. The first-order valence-corrected chi connectivity index (χ1v) is 9.12. The normalized spacial score (nSPS) is 26.5. The van der Waals surface area contributed by atoms with E-state index >= 15 is 0 Å². The second-order valence-corrected chi connectivity index (χ2v) is 7.95. The molecule has 0 radical (unpaired) electrons. The summed E-state index contributed by atoms with van der Waals surface area (Å²) >= 11 is 0. The molecule has 2 aromatic rings. The summed E-state index contributed by atoms with van der Waals surface area (Å²) in [5.41, 5.74) is 2.50. The summed E-state index contributed by atoms with van der Waals surface area (Å²) in [6.45, 7) is 5.42. The van der Waals surface area contributed by atoms with Crippen LogP contribution in [0.3, 0.4) is 0 Å². The molecule has 0 spiro atoms. The van der Waals surface area contributed by atoms with Gasteiger partial charge in [0.15, 0.2) is 5.72 Å². The van der Waals surface area contributed by atoms with Crippen molar-refractivity contribution in [2.24, 2.45) is 5.92 Å². The molecule has 6 heteroatoms. The average molecular weight is 355 g/mol. The van der Waals surface area contributed by atoms with Crippen molar-refractivity contribution in [3.63, 3.8) is 0 Å². The number of aliphatic hydroxyl groups is 1. The van der Waals surface area contributed by atoms with E-state index in [4.69, 9.17) is 0 Å². The molecule has 1 aromatic carbocycles. The van der Waals surface area contributed by atoms with E-state index in [0.717, 1.165) is 22.0 Å². The lowest BCUT2D eigenvalue weighted by Gasteiger charge is -2.40. The zero-order chi connectivity index (χ0) is 18.6. The quantitative estimate of drug-likeness (QED) is 0.856. The van der Waals surface area contributed by atoms with Crippen LogP contribution in [0.1, 0.15) is 29.5 Å². The SMILES string of the molecule is Cc1cc(C)c2[nH]c(=O)c(CN3C[C@H]4CCC(O)(C3)N(C)C4=O)cc2c1. The Labute approximate surface area is 152 Å². The van der Waals surface area contributed by atoms with Crippen LogP contribution in [0.2, 0.25) is 0 Å². The van der Waals surface area contributed by atoms with Crippen molar-refractivity contribution in [1.29, 1.82) is 0 Å². The molecule has 6 nitrogen and oxygen atoms in total. The van der Waals surface area contributed by atoms with Crippen LogP contribution in [0.15, 0.2) is 23.0 Å². The highest BCUT2D eigenvalue weighted by Crippen LogP contribution is 2.34. The molecule has 2 atom stereocenters. The van der Waals surface area contributed by atoms with Gasteiger partial charge in [0, 0.05) is 32.2 Å². The Hall–Kier alpha value is -2.18. The minimum Gasteiger partial charge on any atom is -0.369 e. The number of benzene rings is 1. The molecular formula is C20H25N3O3. The van der Waals surface area contributed by atoms with Gasteiger partial charge in [-0.15, -0.1) is 0 Å². The number of hydrogen-bond donors (Lipinski definition) is 2. The Balaban J connectivity index is 1.68. The number of aromatic amines is 1. The van der Waals surface area contributed by atoms with E-state index in [0.29, 0.717) is 38.0 Å². The molecule has 1 amide bonds. The molecule has 2 N–H and O–H groups in total. The molecule has 3 saturated heterocycles. The first-order chi connectivity index (χ1) is 12.3. The van der Waals surface area contributed by atoms with E-state index in [1.54, 1.807) is 7.05 Å². The molecular weight excluding hydrogens is 330 g/mol. The molecule has 3 aliphatic rings. The average Bonchev–Trinajstić information content (AvgIpc) is 2.78. The third-order valence-corrected chi connectivity index (χ3v) is 5.92. The van der Waals surface area contributed by atoms with Crippen molar-refractivity contribution in [3.05, 3.63) is 45.2 Å². The fraction of sp³-hybridized carbons (Fsp3) is 0.500. The van der Waals surface area contributed by atoms with E-state index in [-0.39, 0.29) is 17.4 Å². The molecule has 26 heavy (non-hydrogen) atoms. The smallest absolute Gasteiger partial charge is 0.252 e. The van der Waals surface area contributed by atoms with Crippen LogP contribution in [-0.4, -0.2) is 51.7 Å². The zero-order valence-electron chi connectivity index (χ0n) is 15.5. The number of rotatable bonds is 2. The maximum absolute atomic E-state index is 12.6. The summed E-state index contributed by atoms with van der Waals surface area (Å²) in [6.07, 6.45) is 1.28. The van der Waals surface area contributed by atoms with Crippen LogP contribution in [-0.2, 0) is 11.3 Å². The first kappa shape index (κ1) is 17.2. The predicted octanol–water partition coefficient (Wildman–Crippen LogP) is 1.52. The maximum atomic E-state index is 12.6. The van der Waals surface area contributed by atoms with Gasteiger partial charge in [0.25, 0.3) is 5.56 Å². The van der Waals surface area contributed by atoms with Crippen LogP contribution in [0, 0.1) is 19.8 Å². The summed E-state index contributed by atoms with van der Waals surface area (Å²) < 4.78 is 0. The molecule has 3 fully saturated rings. The van der Waals surface area contributed by atoms with Gasteiger partial charge in [-0.05, 0) is 49.8 Å². The Morgan fingerprint density at radius 2 is 2.04 bits per heavy atom. The monoisotopic (exact) mass is 355 g/mol. The number of likely N-dealkylation sites (N-methyl/N-ethyl adjacent to an activating group) is 1. The Bertz CT molecular complexity index is 951. The van der Waals surface area contributed by atoms with Crippen molar-refractivity contribution >= 4 is 16.8 Å². The van der Waals surface area contributed by atoms with Crippen LogP contribution in [0.5, 0.6) is 0 Å². The summed E-state index contributed by atoms with van der Waals surface area (Å²) in [6, 6.07) is 6.07. The van der Waals surface area contributed by atoms with Crippen LogP contribution >= 0.6 is 0 Å². The third-order valence-electron chi connectivity index (χ3n) is 5.92. The van der Waals surface area contributed by atoms with Crippen molar-refractivity contribution in [1.82, 2.24) is 14.8 Å². The molecule has 3 aliphatic heterocycles. The van der Waals surface area contributed by atoms with Gasteiger partial charge in [-0.2, -0.15) is 0 Å². The van der Waals surface area contributed by atoms with Crippen molar-refractivity contribution in [2.75, 3.05) is 20.1 Å². The lowest BCUT2D eigenvalue weighted by atomic mass is 9.92. The first-order valence-electron chi connectivity index (χ1n) is 9.12. The summed E-state index contributed by atoms with van der Waals surface area (Å²) in [5.74, 6) is -0.105. The minimum atomic E-state index is -1.14. The molecule has 2 bridgehead atoms. The highest BCUT2D eigenvalue weighted by molar-refractivity contribution is 5.83. The third kappa shape index (κ3) is 2.73. The summed E-state index contributed by atoms with van der Waals surface area (Å²) in [4.78, 5) is 31.5. The summed E-state index contributed by atoms with van der Waals surface area (Å²) in [7, 11) is 1.67. The van der Waals surface area contributed by atoms with Gasteiger partial charge < -0.3 is 15.0 Å². The van der Waals surface area contributed by atoms with Gasteiger partial charge >= 0.3 is 0 Å². The van der Waals surface area contributed by atoms with E-state index in [1.807, 2.05) is 24.8 Å². The molecule has 1 aromatic heterocycles. The second kappa shape index (κ2) is 5.93. The predicted molar refractivity (Wildman–Crippen MR) is 99.8 cm³/mol. The molecule has 0 saturated carbocycles. The van der Waals surface area contributed by atoms with Crippen LogP contribution in [0.25, 0.3) is 10.9 Å². The van der Waals surface area contributed by atoms with Gasteiger partial charge in [-0.3, -0.25) is 14.5 Å². The summed E-state index contributed by atoms with van der Waals surface area (Å²) in [5, 5.41) is 11.9. The number of nitrogens with zero attached hydrogens (tertiary/aromatic N) is 2. The Morgan fingerprint density at radius 1 is 1.27 bits per heavy atom. The lowest BCUT2D eigenvalue weighted by Crippen LogP contribution is -2.56. The number of fused-ring (bicyclic) bond motifs is 5. The number of pyridine rings is 1. The van der Waals surface area contributed by atoms with E-state index in [2.05, 4.69) is 17.1 Å². The molecule has 138 valence electrons. The van der Waals surface area contributed by atoms with Crippen LogP contribution < -0.4 is 5.56 Å². The van der Waals surface area contributed by atoms with E-state index in [9.17, 15) is 14.7 Å². The number of carbonyl (C=O) groups excluding carboxylic acids is 1. The fourth-order valence-electron chi connectivity index (χ4n) is 4.48. The number of H-pyrrole nitrogens is 1. The molecule has 0 aliphatic carbocycles. The van der Waals surface area contributed by atoms with Gasteiger partial charge in [-0.25, -0.2) is 0 Å². The standard InChI is InChI=1S/C20H25N3O3/c1-12-6-13(2)17-15(7-12)8-16(18(24)21-17)10-23-9-14-4-5-20(26,11-23)22(3)19(14)25/h6-8,14,26H,4-5,9-11H2,1-3H3,(H,21,24)/t14-,20?/m1/s1. The van der Waals surface area contributed by atoms with Gasteiger partial charge in [-0.1, -0.05) is 11.6 Å².